The van der Waals surface area contributed by atoms with Crippen molar-refractivity contribution in [3.05, 3.63) is 53.1 Å². The van der Waals surface area contributed by atoms with Crippen LogP contribution in [-0.4, -0.2) is 9.78 Å². The maximum absolute atomic E-state index is 5.99. The van der Waals surface area contributed by atoms with Gasteiger partial charge in [-0.15, -0.1) is 0 Å². The van der Waals surface area contributed by atoms with Crippen LogP contribution in [0.2, 0.25) is 0 Å². The van der Waals surface area contributed by atoms with Gasteiger partial charge in [0.05, 0.1) is 23.1 Å². The average molecular weight is 288 g/mol. The van der Waals surface area contributed by atoms with Gasteiger partial charge in [-0.3, -0.25) is 0 Å². The Morgan fingerprint density at radius 2 is 1.94 bits per heavy atom. The molecule has 1 aromatic heterocycles. The standard InChI is InChI=1S/C13H10BrN3/c14-10-5-6-11(15)13(7-10)17-12-4-2-1-3-9(12)8-16-17/h1-8H,15H2. The summed E-state index contributed by atoms with van der Waals surface area (Å²) in [5.41, 5.74) is 8.64. The van der Waals surface area contributed by atoms with E-state index in [4.69, 9.17) is 5.73 Å². The van der Waals surface area contributed by atoms with Crippen LogP contribution in [-0.2, 0) is 0 Å². The summed E-state index contributed by atoms with van der Waals surface area (Å²) >= 11 is 3.45. The Labute approximate surface area is 107 Å². The van der Waals surface area contributed by atoms with Crippen LogP contribution in [0.25, 0.3) is 16.6 Å². The molecule has 0 saturated heterocycles. The van der Waals surface area contributed by atoms with Crippen molar-refractivity contribution in [2.75, 3.05) is 5.73 Å². The Morgan fingerprint density at radius 1 is 1.12 bits per heavy atom. The van der Waals surface area contributed by atoms with Crippen LogP contribution in [0, 0.1) is 0 Å². The fourth-order valence-electron chi connectivity index (χ4n) is 1.86. The zero-order chi connectivity index (χ0) is 11.8. The van der Waals surface area contributed by atoms with Crippen molar-refractivity contribution in [1.82, 2.24) is 9.78 Å². The van der Waals surface area contributed by atoms with Crippen LogP contribution in [0.4, 0.5) is 5.69 Å². The number of nitrogens with zero attached hydrogens (tertiary/aromatic N) is 2. The zero-order valence-electron chi connectivity index (χ0n) is 8.97. The quantitative estimate of drug-likeness (QED) is 0.698. The maximum Gasteiger partial charge on any atom is 0.0893 e. The molecular formula is C13H10BrN3. The molecule has 1 heterocycles. The van der Waals surface area contributed by atoms with E-state index in [1.807, 2.05) is 53.3 Å². The Kier molecular flexibility index (Phi) is 2.37. The Morgan fingerprint density at radius 3 is 2.82 bits per heavy atom. The summed E-state index contributed by atoms with van der Waals surface area (Å²) in [7, 11) is 0. The van der Waals surface area contributed by atoms with Gasteiger partial charge in [-0.25, -0.2) is 4.68 Å². The Balaban J connectivity index is 2.31. The number of halogens is 1. The minimum absolute atomic E-state index is 0.710. The Bertz CT molecular complexity index is 688. The molecule has 0 unspecified atom stereocenters. The highest BCUT2D eigenvalue weighted by atomic mass is 79.9. The number of fused-ring (bicyclic) bond motifs is 1. The van der Waals surface area contributed by atoms with Crippen LogP contribution in [0.5, 0.6) is 0 Å². The lowest BCUT2D eigenvalue weighted by molar-refractivity contribution is 0.912. The van der Waals surface area contributed by atoms with Gasteiger partial charge in [-0.05, 0) is 24.3 Å². The molecule has 0 bridgehead atoms. The lowest BCUT2D eigenvalue weighted by Crippen LogP contribution is -2.00. The van der Waals surface area contributed by atoms with Crippen molar-refractivity contribution >= 4 is 32.5 Å². The minimum atomic E-state index is 0.710. The summed E-state index contributed by atoms with van der Waals surface area (Å²) in [6.45, 7) is 0. The highest BCUT2D eigenvalue weighted by Crippen LogP contribution is 2.25. The number of anilines is 1. The van der Waals surface area contributed by atoms with Crippen molar-refractivity contribution in [2.24, 2.45) is 0 Å². The van der Waals surface area contributed by atoms with Crippen LogP contribution >= 0.6 is 15.9 Å². The van der Waals surface area contributed by atoms with Crippen molar-refractivity contribution in [2.45, 2.75) is 0 Å². The summed E-state index contributed by atoms with van der Waals surface area (Å²) < 4.78 is 2.84. The van der Waals surface area contributed by atoms with E-state index < -0.39 is 0 Å². The molecule has 0 aliphatic rings. The molecule has 0 spiro atoms. The smallest absolute Gasteiger partial charge is 0.0893 e. The first-order valence-electron chi connectivity index (χ1n) is 5.24. The van der Waals surface area contributed by atoms with Crippen molar-refractivity contribution in [3.8, 4) is 5.69 Å². The largest absolute Gasteiger partial charge is 0.397 e. The van der Waals surface area contributed by atoms with E-state index in [9.17, 15) is 0 Å². The van der Waals surface area contributed by atoms with E-state index in [0.717, 1.165) is 21.1 Å². The van der Waals surface area contributed by atoms with Gasteiger partial charge in [-0.2, -0.15) is 5.10 Å². The van der Waals surface area contributed by atoms with Gasteiger partial charge in [0, 0.05) is 9.86 Å². The van der Waals surface area contributed by atoms with Crippen LogP contribution in [0.15, 0.2) is 53.1 Å². The molecular weight excluding hydrogens is 278 g/mol. The monoisotopic (exact) mass is 287 g/mol. The van der Waals surface area contributed by atoms with Crippen LogP contribution in [0.3, 0.4) is 0 Å². The second-order valence-electron chi connectivity index (χ2n) is 3.82. The number of rotatable bonds is 1. The molecule has 4 heteroatoms. The molecule has 3 nitrogen and oxygen atoms in total. The van der Waals surface area contributed by atoms with Gasteiger partial charge >= 0.3 is 0 Å². The molecule has 0 amide bonds. The molecule has 2 N–H and O–H groups in total. The number of hydrogen-bond donors (Lipinski definition) is 1. The zero-order valence-corrected chi connectivity index (χ0v) is 10.6. The predicted molar refractivity (Wildman–Crippen MR) is 73.2 cm³/mol. The van der Waals surface area contributed by atoms with E-state index >= 15 is 0 Å². The van der Waals surface area contributed by atoms with Gasteiger partial charge < -0.3 is 5.73 Å². The van der Waals surface area contributed by atoms with E-state index in [1.54, 1.807) is 0 Å². The molecule has 3 rings (SSSR count). The third-order valence-electron chi connectivity index (χ3n) is 2.70. The average Bonchev–Trinajstić information content (AvgIpc) is 2.76. The third-order valence-corrected chi connectivity index (χ3v) is 3.19. The molecule has 2 aromatic carbocycles. The van der Waals surface area contributed by atoms with E-state index in [-0.39, 0.29) is 0 Å². The normalized spacial score (nSPS) is 10.9. The fourth-order valence-corrected chi connectivity index (χ4v) is 2.21. The molecule has 0 saturated carbocycles. The highest BCUT2D eigenvalue weighted by Gasteiger charge is 2.07. The van der Waals surface area contributed by atoms with Gasteiger partial charge in [0.1, 0.15) is 0 Å². The number of nitrogen functional groups attached to an aromatic ring is 1. The molecule has 0 aliphatic carbocycles. The van der Waals surface area contributed by atoms with Crippen molar-refractivity contribution < 1.29 is 0 Å². The second kappa shape index (κ2) is 3.89. The van der Waals surface area contributed by atoms with Crippen molar-refractivity contribution in [1.29, 1.82) is 0 Å². The summed E-state index contributed by atoms with van der Waals surface area (Å²) in [4.78, 5) is 0. The van der Waals surface area contributed by atoms with E-state index in [0.29, 0.717) is 5.69 Å². The van der Waals surface area contributed by atoms with E-state index in [2.05, 4.69) is 21.0 Å². The lowest BCUT2D eigenvalue weighted by Gasteiger charge is -2.07. The first-order valence-corrected chi connectivity index (χ1v) is 6.03. The number of hydrogen-bond acceptors (Lipinski definition) is 2. The van der Waals surface area contributed by atoms with Crippen molar-refractivity contribution in [3.63, 3.8) is 0 Å². The summed E-state index contributed by atoms with van der Waals surface area (Å²) in [5.74, 6) is 0. The SMILES string of the molecule is Nc1ccc(Br)cc1-n1ncc2ccccc21. The van der Waals surface area contributed by atoms with Gasteiger partial charge in [0.2, 0.25) is 0 Å². The summed E-state index contributed by atoms with van der Waals surface area (Å²) in [5, 5.41) is 5.49. The maximum atomic E-state index is 5.99. The van der Waals surface area contributed by atoms with Crippen LogP contribution < -0.4 is 5.73 Å². The predicted octanol–water partition coefficient (Wildman–Crippen LogP) is 3.37. The first kappa shape index (κ1) is 10.4. The third kappa shape index (κ3) is 1.70. The Hall–Kier alpha value is -1.81. The molecule has 17 heavy (non-hydrogen) atoms. The molecule has 0 aliphatic heterocycles. The summed E-state index contributed by atoms with van der Waals surface area (Å²) in [6, 6.07) is 13.8. The molecule has 0 fully saturated rings. The summed E-state index contributed by atoms with van der Waals surface area (Å²) in [6.07, 6.45) is 1.84. The van der Waals surface area contributed by atoms with Gasteiger partial charge in [0.15, 0.2) is 0 Å². The molecule has 0 radical (unpaired) electrons. The number of nitrogens with two attached hydrogens (primary N) is 1. The highest BCUT2D eigenvalue weighted by molar-refractivity contribution is 9.10. The number of para-hydroxylation sites is 1. The van der Waals surface area contributed by atoms with E-state index in [1.165, 1.54) is 0 Å². The fraction of sp³-hybridized carbons (Fsp3) is 0. The number of aromatic nitrogens is 2. The second-order valence-corrected chi connectivity index (χ2v) is 4.73. The lowest BCUT2D eigenvalue weighted by atomic mass is 10.2. The first-order chi connectivity index (χ1) is 8.25. The minimum Gasteiger partial charge on any atom is -0.397 e. The van der Waals surface area contributed by atoms with Crippen LogP contribution in [0.1, 0.15) is 0 Å². The topological polar surface area (TPSA) is 43.8 Å². The molecule has 0 atom stereocenters. The molecule has 84 valence electrons. The number of benzene rings is 2. The van der Waals surface area contributed by atoms with Gasteiger partial charge in [-0.1, -0.05) is 34.1 Å². The van der Waals surface area contributed by atoms with Gasteiger partial charge in [0.25, 0.3) is 0 Å². The molecule has 3 aromatic rings.